The van der Waals surface area contributed by atoms with Crippen LogP contribution in [-0.2, 0) is 0 Å². The quantitative estimate of drug-likeness (QED) is 0.768. The smallest absolute Gasteiger partial charge is 0.268 e. The normalized spacial score (nSPS) is 16.4. The van der Waals surface area contributed by atoms with E-state index in [4.69, 9.17) is 0 Å². The molecule has 122 valence electrons. The summed E-state index contributed by atoms with van der Waals surface area (Å²) in [6, 6.07) is 12.0. The molecule has 4 nitrogen and oxygen atoms in total. The molecule has 0 radical (unpaired) electrons. The minimum absolute atomic E-state index is 0.00721. The minimum Gasteiger partial charge on any atom is -0.350 e. The second kappa shape index (κ2) is 7.49. The zero-order valence-electron chi connectivity index (χ0n) is 13.3. The molecule has 1 aliphatic rings. The van der Waals surface area contributed by atoms with Crippen LogP contribution in [0.5, 0.6) is 0 Å². The standard InChI is InChI=1S/C18H22IN3O/c1-21-10-7-14(8-11-21)13-20-18(23)17-6-3-9-22(17)16-5-2-4-15(19)12-16/h2-6,9,12,14H,7-8,10-11,13H2,1H3,(H,20,23). The number of carbonyl (C=O) groups excluding carboxylic acids is 1. The van der Waals surface area contributed by atoms with E-state index in [1.165, 1.54) is 0 Å². The summed E-state index contributed by atoms with van der Waals surface area (Å²) in [7, 11) is 2.16. The summed E-state index contributed by atoms with van der Waals surface area (Å²) in [6.45, 7) is 3.02. The highest BCUT2D eigenvalue weighted by Crippen LogP contribution is 2.17. The van der Waals surface area contributed by atoms with Crippen LogP contribution in [0, 0.1) is 9.49 Å². The molecule has 0 aliphatic carbocycles. The van der Waals surface area contributed by atoms with Gasteiger partial charge in [-0.15, -0.1) is 0 Å². The first-order chi connectivity index (χ1) is 11.1. The number of rotatable bonds is 4. The van der Waals surface area contributed by atoms with Gasteiger partial charge in [0.15, 0.2) is 0 Å². The summed E-state index contributed by atoms with van der Waals surface area (Å²) in [5.74, 6) is 0.601. The SMILES string of the molecule is CN1CCC(CNC(=O)c2cccn2-c2cccc(I)c2)CC1. The predicted octanol–water partition coefficient (Wildman–Crippen LogP) is 3.15. The summed E-state index contributed by atoms with van der Waals surface area (Å²) in [4.78, 5) is 14.9. The largest absolute Gasteiger partial charge is 0.350 e. The second-order valence-corrected chi connectivity index (χ2v) is 7.45. The maximum atomic E-state index is 12.5. The molecule has 0 bridgehead atoms. The third-order valence-corrected chi connectivity index (χ3v) is 5.13. The van der Waals surface area contributed by atoms with Crippen LogP contribution in [0.3, 0.4) is 0 Å². The van der Waals surface area contributed by atoms with E-state index < -0.39 is 0 Å². The average Bonchev–Trinajstić information content (AvgIpc) is 3.04. The lowest BCUT2D eigenvalue weighted by molar-refractivity contribution is 0.0932. The highest BCUT2D eigenvalue weighted by molar-refractivity contribution is 14.1. The van der Waals surface area contributed by atoms with Crippen LogP contribution in [0.4, 0.5) is 0 Å². The molecular weight excluding hydrogens is 401 g/mol. The maximum absolute atomic E-state index is 12.5. The first-order valence-electron chi connectivity index (χ1n) is 8.03. The van der Waals surface area contributed by atoms with Gasteiger partial charge in [0.2, 0.25) is 0 Å². The van der Waals surface area contributed by atoms with E-state index in [0.29, 0.717) is 11.6 Å². The van der Waals surface area contributed by atoms with Gasteiger partial charge in [0.1, 0.15) is 5.69 Å². The molecular formula is C18H22IN3O. The predicted molar refractivity (Wildman–Crippen MR) is 101 cm³/mol. The number of benzene rings is 1. The Labute approximate surface area is 151 Å². The van der Waals surface area contributed by atoms with Crippen LogP contribution in [0.2, 0.25) is 0 Å². The molecule has 1 N–H and O–H groups in total. The van der Waals surface area contributed by atoms with Gasteiger partial charge in [-0.05, 0) is 91.8 Å². The Hall–Kier alpha value is -1.34. The third-order valence-electron chi connectivity index (χ3n) is 4.46. The van der Waals surface area contributed by atoms with Gasteiger partial charge in [-0.25, -0.2) is 0 Å². The van der Waals surface area contributed by atoms with Gasteiger partial charge >= 0.3 is 0 Å². The number of hydrogen-bond donors (Lipinski definition) is 1. The van der Waals surface area contributed by atoms with Gasteiger partial charge < -0.3 is 14.8 Å². The Morgan fingerprint density at radius 2 is 2.04 bits per heavy atom. The van der Waals surface area contributed by atoms with Crippen LogP contribution in [0.1, 0.15) is 23.3 Å². The number of amides is 1. The van der Waals surface area contributed by atoms with E-state index in [2.05, 4.69) is 45.9 Å². The number of carbonyl (C=O) groups is 1. The van der Waals surface area contributed by atoms with Gasteiger partial charge in [-0.3, -0.25) is 4.79 Å². The van der Waals surface area contributed by atoms with E-state index in [9.17, 15) is 4.79 Å². The molecule has 0 unspecified atom stereocenters. The molecule has 1 fully saturated rings. The molecule has 2 aromatic rings. The highest BCUT2D eigenvalue weighted by Gasteiger charge is 2.18. The number of halogens is 1. The highest BCUT2D eigenvalue weighted by atomic mass is 127. The zero-order valence-corrected chi connectivity index (χ0v) is 15.5. The van der Waals surface area contributed by atoms with E-state index >= 15 is 0 Å². The van der Waals surface area contributed by atoms with Gasteiger partial charge in [0, 0.05) is 22.0 Å². The Bertz CT molecular complexity index is 674. The third kappa shape index (κ3) is 4.14. The topological polar surface area (TPSA) is 37.3 Å². The molecule has 3 rings (SSSR count). The molecule has 1 saturated heterocycles. The van der Waals surface area contributed by atoms with Crippen LogP contribution >= 0.6 is 22.6 Å². The number of nitrogens with one attached hydrogen (secondary N) is 1. The number of hydrogen-bond acceptors (Lipinski definition) is 2. The van der Waals surface area contributed by atoms with E-state index in [1.54, 1.807) is 0 Å². The molecule has 2 heterocycles. The zero-order chi connectivity index (χ0) is 16.2. The Morgan fingerprint density at radius 1 is 1.26 bits per heavy atom. The molecule has 1 amide bonds. The van der Waals surface area contributed by atoms with Gasteiger partial charge in [-0.2, -0.15) is 0 Å². The number of nitrogens with zero attached hydrogens (tertiary/aromatic N) is 2. The van der Waals surface area contributed by atoms with Crippen molar-refractivity contribution in [2.45, 2.75) is 12.8 Å². The first-order valence-corrected chi connectivity index (χ1v) is 9.11. The molecule has 1 aliphatic heterocycles. The van der Waals surface area contributed by atoms with E-state index in [1.807, 2.05) is 41.1 Å². The summed E-state index contributed by atoms with van der Waals surface area (Å²) < 4.78 is 3.11. The monoisotopic (exact) mass is 423 g/mol. The van der Waals surface area contributed by atoms with Crippen molar-refractivity contribution in [2.24, 2.45) is 5.92 Å². The molecule has 5 heteroatoms. The van der Waals surface area contributed by atoms with Crippen molar-refractivity contribution < 1.29 is 4.79 Å². The fourth-order valence-electron chi connectivity index (χ4n) is 3.01. The Balaban J connectivity index is 1.65. The van der Waals surface area contributed by atoms with Crippen LogP contribution in [-0.4, -0.2) is 42.1 Å². The minimum atomic E-state index is 0.00721. The van der Waals surface area contributed by atoms with Crippen molar-refractivity contribution in [1.29, 1.82) is 0 Å². The van der Waals surface area contributed by atoms with Crippen molar-refractivity contribution in [3.8, 4) is 5.69 Å². The first kappa shape index (κ1) is 16.5. The Morgan fingerprint density at radius 3 is 2.78 bits per heavy atom. The van der Waals surface area contributed by atoms with Gasteiger partial charge in [0.25, 0.3) is 5.91 Å². The second-order valence-electron chi connectivity index (χ2n) is 6.20. The lowest BCUT2D eigenvalue weighted by Gasteiger charge is -2.28. The van der Waals surface area contributed by atoms with Crippen LogP contribution in [0.25, 0.3) is 5.69 Å². The van der Waals surface area contributed by atoms with Crippen molar-refractivity contribution in [3.63, 3.8) is 0 Å². The van der Waals surface area contributed by atoms with Crippen molar-refractivity contribution >= 4 is 28.5 Å². The van der Waals surface area contributed by atoms with Crippen LogP contribution < -0.4 is 5.32 Å². The Kier molecular flexibility index (Phi) is 5.38. The van der Waals surface area contributed by atoms with Crippen molar-refractivity contribution in [1.82, 2.24) is 14.8 Å². The van der Waals surface area contributed by atoms with E-state index in [0.717, 1.165) is 41.7 Å². The molecule has 23 heavy (non-hydrogen) atoms. The van der Waals surface area contributed by atoms with Gasteiger partial charge in [0.05, 0.1) is 0 Å². The van der Waals surface area contributed by atoms with Crippen LogP contribution in [0.15, 0.2) is 42.6 Å². The molecule has 0 saturated carbocycles. The fraction of sp³-hybridized carbons (Fsp3) is 0.389. The lowest BCUT2D eigenvalue weighted by atomic mass is 9.97. The molecule has 0 spiro atoms. The summed E-state index contributed by atoms with van der Waals surface area (Å²) >= 11 is 2.29. The number of likely N-dealkylation sites (tertiary alicyclic amines) is 1. The van der Waals surface area contributed by atoms with Crippen molar-refractivity contribution in [3.05, 3.63) is 51.9 Å². The summed E-state index contributed by atoms with van der Waals surface area (Å²) in [5, 5.41) is 3.11. The maximum Gasteiger partial charge on any atom is 0.268 e. The lowest BCUT2D eigenvalue weighted by Crippen LogP contribution is -2.37. The summed E-state index contributed by atoms with van der Waals surface area (Å²) in [5.41, 5.74) is 1.71. The fourth-order valence-corrected chi connectivity index (χ4v) is 3.54. The van der Waals surface area contributed by atoms with Gasteiger partial charge in [-0.1, -0.05) is 6.07 Å². The van der Waals surface area contributed by atoms with E-state index in [-0.39, 0.29) is 5.91 Å². The van der Waals surface area contributed by atoms with Crippen molar-refractivity contribution in [2.75, 3.05) is 26.7 Å². The molecule has 1 aromatic heterocycles. The molecule has 0 atom stereocenters. The number of piperidine rings is 1. The molecule has 1 aromatic carbocycles. The number of aromatic nitrogens is 1. The average molecular weight is 423 g/mol. The summed E-state index contributed by atoms with van der Waals surface area (Å²) in [6.07, 6.45) is 4.26.